The molecule has 1 heterocycles. The van der Waals surface area contributed by atoms with Gasteiger partial charge < -0.3 is 16.2 Å². The highest BCUT2D eigenvalue weighted by Crippen LogP contribution is 2.34. The summed E-state index contributed by atoms with van der Waals surface area (Å²) in [5, 5.41) is 21.5. The summed E-state index contributed by atoms with van der Waals surface area (Å²) in [5.41, 5.74) is 8.17. The van der Waals surface area contributed by atoms with E-state index in [-0.39, 0.29) is 40.3 Å². The Morgan fingerprint density at radius 3 is 2.76 bits per heavy atom. The smallest absolute Gasteiger partial charge is 0.141 e. The number of fused-ring (bicyclic) bond motifs is 1. The highest BCUT2D eigenvalue weighted by molar-refractivity contribution is 6.16. The van der Waals surface area contributed by atoms with Crippen molar-refractivity contribution in [1.29, 1.82) is 5.41 Å². The molecule has 8 heteroatoms. The Morgan fingerprint density at radius 1 is 1.14 bits per heavy atom. The van der Waals surface area contributed by atoms with E-state index in [1.165, 1.54) is 24.5 Å². The number of nitrogens with two attached hydrogens (primary N) is 1. The van der Waals surface area contributed by atoms with E-state index in [0.29, 0.717) is 5.82 Å². The van der Waals surface area contributed by atoms with Crippen molar-refractivity contribution in [3.63, 3.8) is 0 Å². The molecule has 1 aromatic heterocycles. The van der Waals surface area contributed by atoms with Crippen molar-refractivity contribution in [2.75, 3.05) is 11.1 Å². The molecule has 0 amide bonds. The van der Waals surface area contributed by atoms with Crippen LogP contribution in [0.2, 0.25) is 0 Å². The zero-order valence-corrected chi connectivity index (χ0v) is 15.4. The SMILES string of the molecule is N=C(c1cc(O)cc(F)c1)c1c(N)ncnc1NC1CCCc2cc(F)ccc21. The quantitative estimate of drug-likeness (QED) is 0.500. The first-order valence-electron chi connectivity index (χ1n) is 9.16. The second kappa shape index (κ2) is 7.46. The van der Waals surface area contributed by atoms with Crippen LogP contribution in [0.15, 0.2) is 42.7 Å². The molecule has 0 spiro atoms. The van der Waals surface area contributed by atoms with Gasteiger partial charge in [0.15, 0.2) is 0 Å². The Morgan fingerprint density at radius 2 is 1.97 bits per heavy atom. The number of anilines is 2. The third kappa shape index (κ3) is 3.73. The third-order valence-corrected chi connectivity index (χ3v) is 5.03. The molecule has 1 aliphatic rings. The minimum absolute atomic E-state index is 0.0615. The van der Waals surface area contributed by atoms with E-state index in [0.717, 1.165) is 42.5 Å². The zero-order valence-electron chi connectivity index (χ0n) is 15.4. The number of hydrogen-bond donors (Lipinski definition) is 4. The van der Waals surface area contributed by atoms with Crippen molar-refractivity contribution >= 4 is 17.3 Å². The van der Waals surface area contributed by atoms with Crippen molar-refractivity contribution < 1.29 is 13.9 Å². The molecule has 0 fully saturated rings. The van der Waals surface area contributed by atoms with Gasteiger partial charge in [0, 0.05) is 11.6 Å². The molecule has 0 saturated heterocycles. The molecule has 0 bridgehead atoms. The average Bonchev–Trinajstić information content (AvgIpc) is 2.67. The summed E-state index contributed by atoms with van der Waals surface area (Å²) in [6.45, 7) is 0. The topological polar surface area (TPSA) is 108 Å². The highest BCUT2D eigenvalue weighted by Gasteiger charge is 2.24. The van der Waals surface area contributed by atoms with Crippen LogP contribution in [-0.4, -0.2) is 20.8 Å². The molecular weight excluding hydrogens is 376 g/mol. The Labute approximate surface area is 166 Å². The minimum Gasteiger partial charge on any atom is -0.508 e. The fourth-order valence-corrected chi connectivity index (χ4v) is 3.72. The lowest BCUT2D eigenvalue weighted by atomic mass is 9.87. The first kappa shape index (κ1) is 18.8. The summed E-state index contributed by atoms with van der Waals surface area (Å²) in [6, 6.07) is 7.94. The number of phenolic OH excluding ortho intramolecular Hbond substituents is 1. The molecule has 1 unspecified atom stereocenters. The molecule has 2 aromatic carbocycles. The average molecular weight is 395 g/mol. The van der Waals surface area contributed by atoms with E-state index in [4.69, 9.17) is 11.1 Å². The molecule has 0 aliphatic heterocycles. The van der Waals surface area contributed by atoms with Crippen LogP contribution < -0.4 is 11.1 Å². The van der Waals surface area contributed by atoms with E-state index < -0.39 is 5.82 Å². The second-order valence-corrected chi connectivity index (χ2v) is 6.99. The molecule has 148 valence electrons. The highest BCUT2D eigenvalue weighted by atomic mass is 19.1. The van der Waals surface area contributed by atoms with Crippen molar-refractivity contribution in [1.82, 2.24) is 9.97 Å². The van der Waals surface area contributed by atoms with Crippen molar-refractivity contribution in [3.8, 4) is 5.75 Å². The Hall–Kier alpha value is -3.55. The van der Waals surface area contributed by atoms with Gasteiger partial charge in [-0.3, -0.25) is 5.41 Å². The standard InChI is InChI=1S/C21H19F2N5O/c22-13-4-5-16-11(6-13)2-1-3-17(16)28-21-18(20(25)26-10-27-21)19(24)12-7-14(23)9-15(29)8-12/h4-10,17,24,29H,1-3H2,(H3,25,26,27,28). The van der Waals surface area contributed by atoms with Gasteiger partial charge in [0.05, 0.1) is 17.3 Å². The van der Waals surface area contributed by atoms with Crippen LogP contribution in [0, 0.1) is 17.0 Å². The van der Waals surface area contributed by atoms with Crippen LogP contribution in [-0.2, 0) is 6.42 Å². The summed E-state index contributed by atoms with van der Waals surface area (Å²) in [6.07, 6.45) is 3.75. The number of nitrogens with one attached hydrogen (secondary N) is 2. The van der Waals surface area contributed by atoms with E-state index >= 15 is 0 Å². The first-order chi connectivity index (χ1) is 13.9. The summed E-state index contributed by atoms with van der Waals surface area (Å²) in [4.78, 5) is 8.20. The maximum absolute atomic E-state index is 13.7. The predicted molar refractivity (Wildman–Crippen MR) is 106 cm³/mol. The number of phenols is 1. The van der Waals surface area contributed by atoms with Crippen LogP contribution in [0.25, 0.3) is 0 Å². The largest absolute Gasteiger partial charge is 0.508 e. The van der Waals surface area contributed by atoms with Gasteiger partial charge in [-0.25, -0.2) is 18.7 Å². The number of aryl methyl sites for hydroxylation is 1. The molecule has 29 heavy (non-hydrogen) atoms. The first-order valence-corrected chi connectivity index (χ1v) is 9.16. The van der Waals surface area contributed by atoms with Gasteiger partial charge in [0.2, 0.25) is 0 Å². The summed E-state index contributed by atoms with van der Waals surface area (Å²) >= 11 is 0. The second-order valence-electron chi connectivity index (χ2n) is 6.99. The fraction of sp³-hybridized carbons (Fsp3) is 0.190. The number of aromatic nitrogens is 2. The third-order valence-electron chi connectivity index (χ3n) is 5.03. The Balaban J connectivity index is 1.72. The number of nitrogens with zero attached hydrogens (tertiary/aromatic N) is 2. The monoisotopic (exact) mass is 395 g/mol. The molecule has 5 N–H and O–H groups in total. The van der Waals surface area contributed by atoms with Gasteiger partial charge in [-0.05, 0) is 54.7 Å². The lowest BCUT2D eigenvalue weighted by Crippen LogP contribution is -2.21. The molecule has 3 aromatic rings. The lowest BCUT2D eigenvalue weighted by Gasteiger charge is -2.28. The predicted octanol–water partition coefficient (Wildman–Crippen LogP) is 3.95. The molecule has 0 saturated carbocycles. The normalized spacial score (nSPS) is 15.6. The molecule has 1 atom stereocenters. The van der Waals surface area contributed by atoms with Crippen LogP contribution in [0.5, 0.6) is 5.75 Å². The number of halogens is 2. The van der Waals surface area contributed by atoms with Gasteiger partial charge >= 0.3 is 0 Å². The van der Waals surface area contributed by atoms with Crippen molar-refractivity contribution in [2.24, 2.45) is 0 Å². The lowest BCUT2D eigenvalue weighted by molar-refractivity contribution is 0.469. The maximum Gasteiger partial charge on any atom is 0.141 e. The van der Waals surface area contributed by atoms with E-state index in [2.05, 4.69) is 15.3 Å². The van der Waals surface area contributed by atoms with E-state index in [1.54, 1.807) is 6.07 Å². The fourth-order valence-electron chi connectivity index (χ4n) is 3.72. The Bertz CT molecular complexity index is 1080. The van der Waals surface area contributed by atoms with Crippen molar-refractivity contribution in [3.05, 3.63) is 76.6 Å². The van der Waals surface area contributed by atoms with Crippen LogP contribution in [0.4, 0.5) is 20.4 Å². The number of aromatic hydroxyl groups is 1. The van der Waals surface area contributed by atoms with Crippen LogP contribution in [0.3, 0.4) is 0 Å². The molecule has 4 rings (SSSR count). The van der Waals surface area contributed by atoms with Gasteiger partial charge in [0.25, 0.3) is 0 Å². The number of rotatable bonds is 4. The zero-order chi connectivity index (χ0) is 20.5. The Kier molecular flexibility index (Phi) is 4.84. The van der Waals surface area contributed by atoms with Gasteiger partial charge in [-0.2, -0.15) is 0 Å². The number of nitrogen functional groups attached to an aromatic ring is 1. The van der Waals surface area contributed by atoms with Gasteiger partial charge in [-0.1, -0.05) is 6.07 Å². The summed E-state index contributed by atoms with van der Waals surface area (Å²) < 4.78 is 27.3. The van der Waals surface area contributed by atoms with Crippen molar-refractivity contribution in [2.45, 2.75) is 25.3 Å². The van der Waals surface area contributed by atoms with Gasteiger partial charge in [-0.15, -0.1) is 0 Å². The van der Waals surface area contributed by atoms with Crippen LogP contribution in [0.1, 0.15) is 41.1 Å². The number of hydrogen-bond acceptors (Lipinski definition) is 6. The molecule has 6 nitrogen and oxygen atoms in total. The molecule has 1 aliphatic carbocycles. The van der Waals surface area contributed by atoms with Gasteiger partial charge in [0.1, 0.15) is 35.3 Å². The summed E-state index contributed by atoms with van der Waals surface area (Å²) in [5.74, 6) is -0.847. The number of benzene rings is 2. The van der Waals surface area contributed by atoms with E-state index in [1.807, 2.05) is 0 Å². The van der Waals surface area contributed by atoms with Crippen LogP contribution >= 0.6 is 0 Å². The molecular formula is C21H19F2N5O. The summed E-state index contributed by atoms with van der Waals surface area (Å²) in [7, 11) is 0. The minimum atomic E-state index is -0.669. The maximum atomic E-state index is 13.7. The van der Waals surface area contributed by atoms with E-state index in [9.17, 15) is 13.9 Å². The molecule has 0 radical (unpaired) electrons.